The van der Waals surface area contributed by atoms with Gasteiger partial charge in [0.05, 0.1) is 0 Å². The molecule has 0 aliphatic carbocycles. The molecule has 7 rings (SSSR count). The molecule has 0 radical (unpaired) electrons. The van der Waals surface area contributed by atoms with E-state index in [2.05, 4.69) is 63.5 Å². The molecule has 9 heteroatoms. The molecule has 194 valence electrons. The SMILES string of the molecule is Bc1c(B)c(B)c(-c2cccc3oc4ccc(-c5nc(-c6ccccc6)nc(-c6ccccc6)n5)cc4c23)c(B)c1B. The molecular weight excluding hydrogens is 508 g/mol. The predicted octanol–water partition coefficient (Wildman–Crippen LogP) is -0.269. The van der Waals surface area contributed by atoms with Gasteiger partial charge < -0.3 is 4.42 Å². The minimum absolute atomic E-state index is 0.630. The van der Waals surface area contributed by atoms with Crippen LogP contribution < -0.4 is 27.3 Å². The zero-order valence-corrected chi connectivity index (χ0v) is 24.5. The molecule has 2 aromatic heterocycles. The first-order valence-electron chi connectivity index (χ1n) is 14.3. The fraction of sp³-hybridized carbons (Fsp3) is 0. The average molecular weight is 535 g/mol. The largest absolute Gasteiger partial charge is 0.456 e. The van der Waals surface area contributed by atoms with Gasteiger partial charge in [0.15, 0.2) is 17.5 Å². The van der Waals surface area contributed by atoms with Crippen LogP contribution in [-0.4, -0.2) is 54.2 Å². The van der Waals surface area contributed by atoms with Gasteiger partial charge in [0.1, 0.15) is 50.4 Å². The molecule has 0 bridgehead atoms. The van der Waals surface area contributed by atoms with Crippen molar-refractivity contribution in [3.8, 4) is 45.3 Å². The lowest BCUT2D eigenvalue weighted by molar-refractivity contribution is 0.669. The first-order chi connectivity index (χ1) is 20.4. The quantitative estimate of drug-likeness (QED) is 0.292. The third-order valence-corrected chi connectivity index (χ3v) is 8.72. The van der Waals surface area contributed by atoms with Crippen LogP contribution in [0.15, 0.2) is 101 Å². The summed E-state index contributed by atoms with van der Waals surface area (Å²) >= 11 is 0. The molecule has 4 nitrogen and oxygen atoms in total. The zero-order chi connectivity index (χ0) is 29.0. The van der Waals surface area contributed by atoms with E-state index in [0.29, 0.717) is 17.5 Å². The first kappa shape index (κ1) is 26.2. The van der Waals surface area contributed by atoms with Gasteiger partial charge in [-0.1, -0.05) is 83.7 Å². The number of aromatic nitrogens is 3. The lowest BCUT2D eigenvalue weighted by Crippen LogP contribution is -2.55. The van der Waals surface area contributed by atoms with E-state index in [0.717, 1.165) is 38.6 Å². The van der Waals surface area contributed by atoms with Crippen molar-refractivity contribution in [2.75, 3.05) is 0 Å². The van der Waals surface area contributed by atoms with Crippen molar-refractivity contribution < 1.29 is 4.42 Å². The molecule has 0 unspecified atom stereocenters. The Labute approximate surface area is 249 Å². The predicted molar refractivity (Wildman–Crippen MR) is 190 cm³/mol. The van der Waals surface area contributed by atoms with E-state index in [4.69, 9.17) is 19.4 Å². The molecule has 42 heavy (non-hydrogen) atoms. The Balaban J connectivity index is 1.48. The molecule has 5 aromatic carbocycles. The molecule has 0 atom stereocenters. The Hall–Kier alpha value is -4.77. The third-order valence-electron chi connectivity index (χ3n) is 8.72. The van der Waals surface area contributed by atoms with Gasteiger partial charge in [0.2, 0.25) is 0 Å². The summed E-state index contributed by atoms with van der Waals surface area (Å²) < 4.78 is 6.40. The number of rotatable bonds is 4. The number of fused-ring (bicyclic) bond motifs is 3. The highest BCUT2D eigenvalue weighted by Crippen LogP contribution is 2.37. The molecule has 0 amide bonds. The summed E-state index contributed by atoms with van der Waals surface area (Å²) in [7, 11) is 11.1. The molecule has 0 aliphatic heterocycles. The minimum Gasteiger partial charge on any atom is -0.456 e. The maximum atomic E-state index is 6.40. The van der Waals surface area contributed by atoms with Crippen LogP contribution in [0.3, 0.4) is 0 Å². The van der Waals surface area contributed by atoms with E-state index < -0.39 is 0 Å². The van der Waals surface area contributed by atoms with Crippen LogP contribution in [0.2, 0.25) is 0 Å². The van der Waals surface area contributed by atoms with Crippen LogP contribution in [0.25, 0.3) is 67.2 Å². The van der Waals surface area contributed by atoms with Crippen LogP contribution in [0, 0.1) is 0 Å². The molecule has 2 heterocycles. The molecule has 0 saturated heterocycles. The van der Waals surface area contributed by atoms with Crippen molar-refractivity contribution in [1.29, 1.82) is 0 Å². The average Bonchev–Trinajstić information content (AvgIpc) is 3.42. The van der Waals surface area contributed by atoms with Gasteiger partial charge in [-0.3, -0.25) is 0 Å². The third kappa shape index (κ3) is 4.28. The second-order valence-electron chi connectivity index (χ2n) is 11.0. The fourth-order valence-corrected chi connectivity index (χ4v) is 6.02. The Morgan fingerprint density at radius 1 is 0.452 bits per heavy atom. The molecule has 7 aromatic rings. The number of hydrogen-bond donors (Lipinski definition) is 0. The molecule has 0 spiro atoms. The summed E-state index contributed by atoms with van der Waals surface area (Å²) in [6.07, 6.45) is 0. The summed E-state index contributed by atoms with van der Waals surface area (Å²) in [6.45, 7) is 0. The van der Waals surface area contributed by atoms with E-state index in [9.17, 15) is 0 Å². The summed E-state index contributed by atoms with van der Waals surface area (Å²) in [4.78, 5) is 14.8. The van der Waals surface area contributed by atoms with Crippen LogP contribution in [0.5, 0.6) is 0 Å². The summed E-state index contributed by atoms with van der Waals surface area (Å²) in [5.41, 5.74) is 13.7. The normalized spacial score (nSPS) is 11.3. The van der Waals surface area contributed by atoms with Gasteiger partial charge in [0, 0.05) is 27.5 Å². The van der Waals surface area contributed by atoms with Gasteiger partial charge in [-0.25, -0.2) is 15.0 Å². The lowest BCUT2D eigenvalue weighted by Gasteiger charge is -2.21. The standard InChI is InChI=1S/C33H26B5N3O/c34-26-25(27(35)29(37)30(38)28(26)36)20-12-7-13-23-24(20)21-16-19(14-15-22(21)42-23)33-40-31(17-8-3-1-4-9-17)39-32(41-33)18-10-5-2-6-11-18/h1-16H,34-38H2. The summed E-state index contributed by atoms with van der Waals surface area (Å²) in [6, 6.07) is 32.8. The fourth-order valence-electron chi connectivity index (χ4n) is 6.02. The molecular formula is C33H26B5N3O. The van der Waals surface area contributed by atoms with Gasteiger partial charge in [-0.15, -0.1) is 16.4 Å². The second-order valence-corrected chi connectivity index (χ2v) is 11.0. The number of furan rings is 1. The Kier molecular flexibility index (Phi) is 6.39. The highest BCUT2D eigenvalue weighted by atomic mass is 16.3. The van der Waals surface area contributed by atoms with Gasteiger partial charge in [0.25, 0.3) is 0 Å². The van der Waals surface area contributed by atoms with Crippen LogP contribution >= 0.6 is 0 Å². The van der Waals surface area contributed by atoms with Gasteiger partial charge in [-0.2, -0.15) is 0 Å². The number of hydrogen-bond acceptors (Lipinski definition) is 4. The summed E-state index contributed by atoms with van der Waals surface area (Å²) in [5.74, 6) is 1.93. The molecule has 0 saturated carbocycles. The van der Waals surface area contributed by atoms with Crippen LogP contribution in [-0.2, 0) is 0 Å². The maximum absolute atomic E-state index is 6.40. The topological polar surface area (TPSA) is 51.8 Å². The van der Waals surface area contributed by atoms with Crippen molar-refractivity contribution >= 4 is 88.5 Å². The van der Waals surface area contributed by atoms with E-state index in [-0.39, 0.29) is 0 Å². The highest BCUT2D eigenvalue weighted by Gasteiger charge is 2.19. The van der Waals surface area contributed by atoms with Crippen molar-refractivity contribution in [3.05, 3.63) is 97.1 Å². The number of nitrogens with zero attached hydrogens (tertiary/aromatic N) is 3. The maximum Gasteiger partial charge on any atom is 0.164 e. The van der Waals surface area contributed by atoms with Crippen LogP contribution in [0.4, 0.5) is 0 Å². The Bertz CT molecular complexity index is 2060. The highest BCUT2D eigenvalue weighted by molar-refractivity contribution is 6.68. The first-order valence-corrected chi connectivity index (χ1v) is 14.3. The monoisotopic (exact) mass is 535 g/mol. The molecule has 0 N–H and O–H groups in total. The van der Waals surface area contributed by atoms with Gasteiger partial charge in [-0.05, 0) is 35.4 Å². The zero-order valence-electron chi connectivity index (χ0n) is 24.5. The van der Waals surface area contributed by atoms with E-state index in [1.54, 1.807) is 0 Å². The Morgan fingerprint density at radius 2 is 0.976 bits per heavy atom. The van der Waals surface area contributed by atoms with Crippen molar-refractivity contribution in [1.82, 2.24) is 15.0 Å². The minimum atomic E-state index is 0.630. The van der Waals surface area contributed by atoms with Crippen molar-refractivity contribution in [2.45, 2.75) is 0 Å². The number of benzene rings is 5. The Morgan fingerprint density at radius 3 is 1.55 bits per heavy atom. The molecule has 0 aliphatic rings. The van der Waals surface area contributed by atoms with Crippen molar-refractivity contribution in [2.24, 2.45) is 0 Å². The van der Waals surface area contributed by atoms with Gasteiger partial charge >= 0.3 is 0 Å². The van der Waals surface area contributed by atoms with E-state index in [1.807, 2.05) is 72.8 Å². The van der Waals surface area contributed by atoms with Crippen LogP contribution in [0.1, 0.15) is 0 Å². The smallest absolute Gasteiger partial charge is 0.164 e. The second kappa shape index (κ2) is 10.3. The molecule has 0 fully saturated rings. The van der Waals surface area contributed by atoms with Crippen molar-refractivity contribution in [3.63, 3.8) is 0 Å². The van der Waals surface area contributed by atoms with E-state index in [1.165, 1.54) is 38.4 Å². The summed E-state index contributed by atoms with van der Waals surface area (Å²) in [5, 5.41) is 2.17. The lowest BCUT2D eigenvalue weighted by atomic mass is 9.59. The van der Waals surface area contributed by atoms with E-state index >= 15 is 0 Å².